The van der Waals surface area contributed by atoms with Gasteiger partial charge in [0.1, 0.15) is 0 Å². The van der Waals surface area contributed by atoms with Crippen LogP contribution in [0.4, 0.5) is 0 Å². The van der Waals surface area contributed by atoms with Crippen molar-refractivity contribution in [3.05, 3.63) is 59.8 Å². The number of furan rings is 1. The molecule has 0 aliphatic heterocycles. The number of aromatic nitrogens is 4. The molecule has 0 saturated carbocycles. The predicted molar refractivity (Wildman–Crippen MR) is 99.9 cm³/mol. The average Bonchev–Trinajstić information content (AvgIpc) is 3.39. The van der Waals surface area contributed by atoms with E-state index in [1.807, 2.05) is 47.9 Å². The highest BCUT2D eigenvalue weighted by Gasteiger charge is 2.16. The summed E-state index contributed by atoms with van der Waals surface area (Å²) < 4.78 is 13.3. The standard InChI is InChI=1S/C18H15ClN4O2S/c1-2-23-17(14-7-4-8-24-14)21-22-18(23)26-11-16-20-10-15(25-16)12-5-3-6-13(19)9-12/h3-10H,2,11H2,1H3. The van der Waals surface area contributed by atoms with Gasteiger partial charge in [0, 0.05) is 17.1 Å². The number of halogens is 1. The zero-order chi connectivity index (χ0) is 17.9. The highest BCUT2D eigenvalue weighted by molar-refractivity contribution is 7.98. The molecule has 8 heteroatoms. The summed E-state index contributed by atoms with van der Waals surface area (Å²) in [6.45, 7) is 2.78. The smallest absolute Gasteiger partial charge is 0.205 e. The van der Waals surface area contributed by atoms with Gasteiger partial charge in [-0.2, -0.15) is 0 Å². The fraction of sp³-hybridized carbons (Fsp3) is 0.167. The van der Waals surface area contributed by atoms with Gasteiger partial charge in [-0.15, -0.1) is 10.2 Å². The molecule has 4 aromatic rings. The van der Waals surface area contributed by atoms with Crippen LogP contribution in [0.25, 0.3) is 22.9 Å². The molecule has 0 amide bonds. The van der Waals surface area contributed by atoms with Crippen LogP contribution in [0, 0.1) is 0 Å². The number of nitrogens with zero attached hydrogens (tertiary/aromatic N) is 4. The minimum absolute atomic E-state index is 0.552. The maximum absolute atomic E-state index is 6.03. The number of thioether (sulfide) groups is 1. The topological polar surface area (TPSA) is 69.9 Å². The fourth-order valence-electron chi connectivity index (χ4n) is 2.55. The van der Waals surface area contributed by atoms with Crippen LogP contribution in [0.1, 0.15) is 12.8 Å². The van der Waals surface area contributed by atoms with Crippen molar-refractivity contribution in [3.63, 3.8) is 0 Å². The first-order chi connectivity index (χ1) is 12.7. The Labute approximate surface area is 159 Å². The average molecular weight is 387 g/mol. The molecule has 26 heavy (non-hydrogen) atoms. The summed E-state index contributed by atoms with van der Waals surface area (Å²) in [4.78, 5) is 4.34. The summed E-state index contributed by atoms with van der Waals surface area (Å²) in [6.07, 6.45) is 3.33. The van der Waals surface area contributed by atoms with Crippen molar-refractivity contribution < 1.29 is 8.83 Å². The van der Waals surface area contributed by atoms with Crippen molar-refractivity contribution in [3.8, 4) is 22.9 Å². The molecule has 132 valence electrons. The van der Waals surface area contributed by atoms with Crippen LogP contribution < -0.4 is 0 Å². The van der Waals surface area contributed by atoms with E-state index >= 15 is 0 Å². The van der Waals surface area contributed by atoms with E-state index in [1.165, 1.54) is 11.8 Å². The third-order valence-corrected chi connectivity index (χ3v) is 4.95. The summed E-state index contributed by atoms with van der Waals surface area (Å²) in [6, 6.07) is 11.2. The van der Waals surface area contributed by atoms with E-state index in [0.29, 0.717) is 34.0 Å². The number of hydrogen-bond acceptors (Lipinski definition) is 6. The highest BCUT2D eigenvalue weighted by Crippen LogP contribution is 2.28. The van der Waals surface area contributed by atoms with Crippen molar-refractivity contribution in [2.75, 3.05) is 0 Å². The lowest BCUT2D eigenvalue weighted by Crippen LogP contribution is -1.99. The van der Waals surface area contributed by atoms with Crippen molar-refractivity contribution >= 4 is 23.4 Å². The maximum atomic E-state index is 6.03. The second-order valence-electron chi connectivity index (χ2n) is 5.45. The zero-order valence-electron chi connectivity index (χ0n) is 13.9. The van der Waals surface area contributed by atoms with Gasteiger partial charge in [-0.1, -0.05) is 35.5 Å². The predicted octanol–water partition coefficient (Wildman–Crippen LogP) is 5.16. The van der Waals surface area contributed by atoms with E-state index in [-0.39, 0.29) is 0 Å². The molecular formula is C18H15ClN4O2S. The zero-order valence-corrected chi connectivity index (χ0v) is 15.5. The van der Waals surface area contributed by atoms with Crippen molar-refractivity contribution in [1.29, 1.82) is 0 Å². The Morgan fingerprint density at radius 1 is 1.15 bits per heavy atom. The highest BCUT2D eigenvalue weighted by atomic mass is 35.5. The molecule has 3 aromatic heterocycles. The molecule has 0 aliphatic carbocycles. The lowest BCUT2D eigenvalue weighted by molar-refractivity contribution is 0.529. The molecule has 0 aliphatic rings. The first kappa shape index (κ1) is 16.9. The van der Waals surface area contributed by atoms with Gasteiger partial charge in [0.05, 0.1) is 18.2 Å². The first-order valence-corrected chi connectivity index (χ1v) is 9.41. The molecule has 0 fully saturated rings. The molecule has 3 heterocycles. The summed E-state index contributed by atoms with van der Waals surface area (Å²) in [5, 5.41) is 9.96. The van der Waals surface area contributed by atoms with Crippen LogP contribution in [0.15, 0.2) is 62.8 Å². The van der Waals surface area contributed by atoms with Crippen LogP contribution in [-0.2, 0) is 12.3 Å². The molecule has 0 saturated heterocycles. The largest absolute Gasteiger partial charge is 0.461 e. The van der Waals surface area contributed by atoms with Gasteiger partial charge in [-0.3, -0.25) is 4.57 Å². The normalized spacial score (nSPS) is 11.2. The Morgan fingerprint density at radius 3 is 2.85 bits per heavy atom. The maximum Gasteiger partial charge on any atom is 0.205 e. The molecule has 0 bridgehead atoms. The second kappa shape index (κ2) is 7.39. The van der Waals surface area contributed by atoms with Gasteiger partial charge in [0.15, 0.2) is 22.5 Å². The van der Waals surface area contributed by atoms with Crippen molar-refractivity contribution in [2.45, 2.75) is 24.4 Å². The van der Waals surface area contributed by atoms with E-state index in [9.17, 15) is 0 Å². The van der Waals surface area contributed by atoms with E-state index < -0.39 is 0 Å². The fourth-order valence-corrected chi connectivity index (χ4v) is 3.59. The van der Waals surface area contributed by atoms with Gasteiger partial charge < -0.3 is 8.83 Å². The van der Waals surface area contributed by atoms with E-state index in [0.717, 1.165) is 17.3 Å². The Bertz CT molecular complexity index is 1010. The van der Waals surface area contributed by atoms with Crippen LogP contribution in [0.3, 0.4) is 0 Å². The lowest BCUT2D eigenvalue weighted by atomic mass is 10.2. The summed E-state index contributed by atoms with van der Waals surface area (Å²) in [5.41, 5.74) is 0.901. The molecular weight excluding hydrogens is 372 g/mol. The Morgan fingerprint density at radius 2 is 2.08 bits per heavy atom. The van der Waals surface area contributed by atoms with Crippen LogP contribution in [0.5, 0.6) is 0 Å². The van der Waals surface area contributed by atoms with Crippen LogP contribution in [0.2, 0.25) is 5.02 Å². The monoisotopic (exact) mass is 386 g/mol. The molecule has 0 spiro atoms. The van der Waals surface area contributed by atoms with Gasteiger partial charge in [-0.25, -0.2) is 4.98 Å². The Balaban J connectivity index is 1.50. The van der Waals surface area contributed by atoms with Gasteiger partial charge in [0.25, 0.3) is 0 Å². The summed E-state index contributed by atoms with van der Waals surface area (Å²) >= 11 is 7.55. The Kier molecular flexibility index (Phi) is 4.81. The number of oxazole rings is 1. The molecule has 1 aromatic carbocycles. The van der Waals surface area contributed by atoms with Crippen LogP contribution in [-0.4, -0.2) is 19.7 Å². The number of rotatable bonds is 6. The van der Waals surface area contributed by atoms with Gasteiger partial charge in [-0.05, 0) is 31.2 Å². The van der Waals surface area contributed by atoms with Gasteiger partial charge in [0.2, 0.25) is 5.89 Å². The Hall–Kier alpha value is -2.51. The molecule has 0 radical (unpaired) electrons. The second-order valence-corrected chi connectivity index (χ2v) is 6.82. The molecule has 0 N–H and O–H groups in total. The summed E-state index contributed by atoms with van der Waals surface area (Å²) in [5.74, 6) is 3.28. The minimum atomic E-state index is 0.552. The summed E-state index contributed by atoms with van der Waals surface area (Å²) in [7, 11) is 0. The third kappa shape index (κ3) is 3.40. The van der Waals surface area contributed by atoms with E-state index in [2.05, 4.69) is 15.2 Å². The molecule has 6 nitrogen and oxygen atoms in total. The number of hydrogen-bond donors (Lipinski definition) is 0. The van der Waals surface area contributed by atoms with Gasteiger partial charge >= 0.3 is 0 Å². The van der Waals surface area contributed by atoms with Crippen molar-refractivity contribution in [2.24, 2.45) is 0 Å². The third-order valence-electron chi connectivity index (χ3n) is 3.76. The van der Waals surface area contributed by atoms with E-state index in [1.54, 1.807) is 12.5 Å². The van der Waals surface area contributed by atoms with Crippen molar-refractivity contribution in [1.82, 2.24) is 19.7 Å². The minimum Gasteiger partial charge on any atom is -0.461 e. The SMILES string of the molecule is CCn1c(SCc2ncc(-c3cccc(Cl)c3)o2)nnc1-c1ccco1. The first-order valence-electron chi connectivity index (χ1n) is 8.05. The molecule has 0 unspecified atom stereocenters. The molecule has 4 rings (SSSR count). The quantitative estimate of drug-likeness (QED) is 0.426. The van der Waals surface area contributed by atoms with E-state index in [4.69, 9.17) is 20.4 Å². The number of benzene rings is 1. The van der Waals surface area contributed by atoms with Crippen LogP contribution >= 0.6 is 23.4 Å². The lowest BCUT2D eigenvalue weighted by Gasteiger charge is -2.04. The molecule has 0 atom stereocenters.